The Morgan fingerprint density at radius 3 is 1.22 bits per heavy atom. The molecule has 5 nitrogen and oxygen atoms in total. The topological polar surface area (TPSA) is 81.3 Å². The number of hydrogen-bond donors (Lipinski definition) is 2. The van der Waals surface area contributed by atoms with Crippen molar-refractivity contribution < 1.29 is 42.5 Å². The van der Waals surface area contributed by atoms with Gasteiger partial charge >= 0.3 is 29.6 Å². The number of unbranched alkanes of at least 4 members (excludes halogenated alkanes) is 19. The van der Waals surface area contributed by atoms with Crippen LogP contribution < -0.4 is 40.2 Å². The number of rotatable bonds is 22. The summed E-state index contributed by atoms with van der Waals surface area (Å²) in [6.45, 7) is 2.28. The third-order valence-corrected chi connectivity index (χ3v) is 8.67. The summed E-state index contributed by atoms with van der Waals surface area (Å²) in [5, 5.41) is 5.87. The summed E-state index contributed by atoms with van der Waals surface area (Å²) in [7, 11) is -4.53. The zero-order valence-electron chi connectivity index (χ0n) is 23.3. The van der Waals surface area contributed by atoms with Crippen molar-refractivity contribution in [1.82, 2.24) is 0 Å². The molecule has 0 aliphatic carbocycles. The Balaban J connectivity index is 0.00000648. The second-order valence-electron chi connectivity index (χ2n) is 10.5. The summed E-state index contributed by atoms with van der Waals surface area (Å²) in [6.07, 6.45) is 26.4. The Labute approximate surface area is 244 Å². The Morgan fingerprint density at radius 1 is 0.611 bits per heavy atom. The fourth-order valence-electron chi connectivity index (χ4n) is 5.17. The summed E-state index contributed by atoms with van der Waals surface area (Å²) in [5.41, 5.74) is 1.36. The van der Waals surface area contributed by atoms with Crippen molar-refractivity contribution in [3.8, 4) is 0 Å². The van der Waals surface area contributed by atoms with Crippen molar-refractivity contribution in [2.45, 2.75) is 147 Å². The molecule has 0 radical (unpaired) electrons. The monoisotopic (exact) mass is 530 g/mol. The molecule has 1 aromatic carbocycles. The van der Waals surface area contributed by atoms with Gasteiger partial charge in [-0.25, -0.2) is 8.42 Å². The number of fused-ring (bicyclic) bond motifs is 1. The Bertz CT molecular complexity index is 763. The Hall–Kier alpha value is -0.270. The second-order valence-corrected chi connectivity index (χ2v) is 12.1. The van der Waals surface area contributed by atoms with Gasteiger partial charge in [0.1, 0.15) is 10.1 Å². The number of anilines is 2. The largest absolute Gasteiger partial charge is 1.00 e. The minimum atomic E-state index is -4.53. The van der Waals surface area contributed by atoms with Gasteiger partial charge in [0.05, 0.1) is 11.4 Å². The maximum Gasteiger partial charge on any atom is 1.00 e. The number of benzene rings is 1. The molecule has 1 aromatic rings. The van der Waals surface area contributed by atoms with Gasteiger partial charge in [-0.05, 0) is 18.6 Å². The predicted molar refractivity (Wildman–Crippen MR) is 149 cm³/mol. The Kier molecular flexibility index (Phi) is 18.5. The van der Waals surface area contributed by atoms with E-state index in [9.17, 15) is 13.0 Å². The summed E-state index contributed by atoms with van der Waals surface area (Å²) >= 11 is 0. The number of hydrogen-bond acceptors (Lipinski definition) is 5. The van der Waals surface area contributed by atoms with Gasteiger partial charge in [0.2, 0.25) is 4.99 Å². The van der Waals surface area contributed by atoms with Crippen molar-refractivity contribution in [3.63, 3.8) is 0 Å². The molecule has 7 heteroatoms. The average Bonchev–Trinajstić information content (AvgIpc) is 3.23. The molecule has 0 fully saturated rings. The standard InChI is InChI=1S/C29H52N2O3S.Na/c1-2-3-4-5-6-7-8-9-10-11-12-13-14-15-16-17-18-19-20-23-26-29(35(32,33)34)30-27-24-21-22-25-28(27)31-29;/h21-22,24-25,30-31H,2-20,23,26H2,1H3,(H,32,33,34);/q;+1/p-1. The molecule has 0 unspecified atom stereocenters. The maximum absolute atomic E-state index is 12.0. The van der Waals surface area contributed by atoms with E-state index in [1.807, 2.05) is 12.1 Å². The van der Waals surface area contributed by atoms with Crippen LogP contribution in [0, 0.1) is 0 Å². The molecule has 0 bridgehead atoms. The molecule has 202 valence electrons. The third kappa shape index (κ3) is 13.0. The molecule has 1 aliphatic heterocycles. The van der Waals surface area contributed by atoms with E-state index in [2.05, 4.69) is 17.6 Å². The zero-order chi connectivity index (χ0) is 25.2. The smallest absolute Gasteiger partial charge is 0.745 e. The van der Waals surface area contributed by atoms with Crippen molar-refractivity contribution in [2.24, 2.45) is 0 Å². The number of para-hydroxylation sites is 2. The van der Waals surface area contributed by atoms with E-state index in [0.29, 0.717) is 17.8 Å². The van der Waals surface area contributed by atoms with Gasteiger partial charge in [-0.3, -0.25) is 0 Å². The first-order chi connectivity index (χ1) is 17.0. The Morgan fingerprint density at radius 2 is 0.917 bits per heavy atom. The van der Waals surface area contributed by atoms with Gasteiger partial charge in [-0.1, -0.05) is 141 Å². The van der Waals surface area contributed by atoms with Gasteiger partial charge in [0.25, 0.3) is 0 Å². The van der Waals surface area contributed by atoms with E-state index in [-0.39, 0.29) is 36.0 Å². The number of nitrogens with one attached hydrogen (secondary N) is 2. The van der Waals surface area contributed by atoms with E-state index in [0.717, 1.165) is 12.8 Å². The van der Waals surface area contributed by atoms with Crippen LogP contribution in [0.5, 0.6) is 0 Å². The normalized spacial score (nSPS) is 14.1. The van der Waals surface area contributed by atoms with Crippen LogP contribution in [0.1, 0.15) is 142 Å². The van der Waals surface area contributed by atoms with E-state index in [4.69, 9.17) is 0 Å². The van der Waals surface area contributed by atoms with Crippen LogP contribution in [0.4, 0.5) is 11.4 Å². The molecule has 1 heterocycles. The molecule has 2 N–H and O–H groups in total. The van der Waals surface area contributed by atoms with Gasteiger partial charge in [-0.2, -0.15) is 0 Å². The summed E-state index contributed by atoms with van der Waals surface area (Å²) in [5.74, 6) is 0. The van der Waals surface area contributed by atoms with Crippen LogP contribution in [0.25, 0.3) is 0 Å². The quantitative estimate of drug-likeness (QED) is 0.110. The minimum Gasteiger partial charge on any atom is -0.745 e. The fraction of sp³-hybridized carbons (Fsp3) is 0.793. The first-order valence-corrected chi connectivity index (χ1v) is 16.0. The SMILES string of the molecule is CCCCCCCCCCCCCCCCCCCCCCC1(S(=O)(=O)[O-])Nc2ccccc2N1.[Na+]. The molecule has 0 spiro atoms. The molecule has 0 amide bonds. The van der Waals surface area contributed by atoms with Crippen LogP contribution >= 0.6 is 0 Å². The van der Waals surface area contributed by atoms with E-state index >= 15 is 0 Å². The summed E-state index contributed by atoms with van der Waals surface area (Å²) in [6, 6.07) is 7.26. The first-order valence-electron chi connectivity index (χ1n) is 14.6. The van der Waals surface area contributed by atoms with Gasteiger partial charge in [-0.15, -0.1) is 0 Å². The third-order valence-electron chi connectivity index (χ3n) is 7.41. The van der Waals surface area contributed by atoms with Gasteiger partial charge in [0, 0.05) is 6.42 Å². The summed E-state index contributed by atoms with van der Waals surface area (Å²) in [4.78, 5) is -1.61. The average molecular weight is 531 g/mol. The first kappa shape index (κ1) is 33.8. The van der Waals surface area contributed by atoms with E-state index in [1.165, 1.54) is 109 Å². The molecule has 0 aromatic heterocycles. The minimum absolute atomic E-state index is 0. The molecule has 2 rings (SSSR count). The fourth-order valence-corrected chi connectivity index (χ4v) is 6.04. The van der Waals surface area contributed by atoms with Crippen molar-refractivity contribution in [1.29, 1.82) is 0 Å². The predicted octanol–water partition coefficient (Wildman–Crippen LogP) is 5.94. The zero-order valence-corrected chi connectivity index (χ0v) is 26.1. The van der Waals surface area contributed by atoms with Crippen molar-refractivity contribution >= 4 is 21.5 Å². The van der Waals surface area contributed by atoms with E-state index < -0.39 is 15.1 Å². The van der Waals surface area contributed by atoms with Crippen molar-refractivity contribution in [3.05, 3.63) is 24.3 Å². The molecular weight excluding hydrogens is 479 g/mol. The van der Waals surface area contributed by atoms with Crippen LogP contribution in [0.2, 0.25) is 0 Å². The molecule has 0 saturated carbocycles. The molecule has 0 atom stereocenters. The maximum atomic E-state index is 12.0. The van der Waals surface area contributed by atoms with Gasteiger partial charge in [0.15, 0.2) is 0 Å². The molecule has 36 heavy (non-hydrogen) atoms. The van der Waals surface area contributed by atoms with Crippen molar-refractivity contribution in [2.75, 3.05) is 10.6 Å². The second kappa shape index (κ2) is 19.7. The van der Waals surface area contributed by atoms with Gasteiger partial charge < -0.3 is 15.2 Å². The molecular formula is C29H51N2NaO3S. The van der Waals surface area contributed by atoms with Crippen LogP contribution in [0.15, 0.2) is 24.3 Å². The molecule has 0 saturated heterocycles. The molecule has 1 aliphatic rings. The van der Waals surface area contributed by atoms with E-state index in [1.54, 1.807) is 12.1 Å². The van der Waals surface area contributed by atoms with Crippen LogP contribution in [0.3, 0.4) is 0 Å². The van der Waals surface area contributed by atoms with Crippen LogP contribution in [-0.4, -0.2) is 18.0 Å². The van der Waals surface area contributed by atoms with Crippen LogP contribution in [-0.2, 0) is 10.1 Å². The summed E-state index contributed by atoms with van der Waals surface area (Å²) < 4.78 is 35.9.